The number of ketones is 1. The minimum atomic E-state index is -2.07. The smallest absolute Gasteiger partial charge is 0.200 e. The van der Waals surface area contributed by atoms with E-state index in [0.29, 0.717) is 42.0 Å². The van der Waals surface area contributed by atoms with Crippen LogP contribution in [0.15, 0.2) is 34.8 Å². The third kappa shape index (κ3) is 6.33. The molecule has 46 heavy (non-hydrogen) atoms. The molecule has 4 atom stereocenters. The number of hydrogen-bond acceptors (Lipinski definition) is 7. The van der Waals surface area contributed by atoms with E-state index in [1.807, 2.05) is 23.9 Å². The van der Waals surface area contributed by atoms with Crippen molar-refractivity contribution in [2.75, 3.05) is 20.3 Å². The van der Waals surface area contributed by atoms with Crippen molar-refractivity contribution in [2.24, 2.45) is 5.92 Å². The van der Waals surface area contributed by atoms with Gasteiger partial charge in [-0.2, -0.15) is 11.8 Å². The van der Waals surface area contributed by atoms with Crippen LogP contribution in [0.25, 0.3) is 0 Å². The number of benzene rings is 2. The molecule has 2 aromatic rings. The molecular formula is C37H52BrNO5SSi. The fraction of sp³-hybridized carbons (Fsp3) is 0.649. The van der Waals surface area contributed by atoms with E-state index in [1.165, 1.54) is 29.5 Å². The van der Waals surface area contributed by atoms with Gasteiger partial charge >= 0.3 is 0 Å². The molecule has 2 aromatic carbocycles. The number of ether oxygens (including phenoxy) is 3. The van der Waals surface area contributed by atoms with E-state index in [9.17, 15) is 4.79 Å². The molecule has 2 aliphatic heterocycles. The minimum Gasteiger partial charge on any atom is -0.497 e. The van der Waals surface area contributed by atoms with Crippen LogP contribution in [0, 0.1) is 5.92 Å². The minimum absolute atomic E-state index is 0.0793. The highest BCUT2D eigenvalue weighted by atomic mass is 79.9. The van der Waals surface area contributed by atoms with Gasteiger partial charge in [0.1, 0.15) is 33.6 Å². The molecule has 0 saturated heterocycles. The molecule has 2 saturated carbocycles. The molecule has 0 radical (unpaired) electrons. The zero-order valence-electron chi connectivity index (χ0n) is 28.6. The Bertz CT molecular complexity index is 1390. The molecule has 4 aliphatic rings. The third-order valence-electron chi connectivity index (χ3n) is 11.2. The normalized spacial score (nSPS) is 25.8. The molecule has 1 spiro atoms. The van der Waals surface area contributed by atoms with Crippen LogP contribution in [0.2, 0.25) is 16.6 Å². The van der Waals surface area contributed by atoms with Gasteiger partial charge in [0.15, 0.2) is 8.32 Å². The van der Waals surface area contributed by atoms with Crippen LogP contribution in [-0.2, 0) is 26.9 Å². The Morgan fingerprint density at radius 3 is 2.37 bits per heavy atom. The molecule has 2 aliphatic carbocycles. The molecule has 6 nitrogen and oxygen atoms in total. The van der Waals surface area contributed by atoms with Gasteiger partial charge in [0, 0.05) is 48.6 Å². The molecular weight excluding hydrogens is 678 g/mol. The van der Waals surface area contributed by atoms with Gasteiger partial charge in [0.05, 0.1) is 19.1 Å². The topological polar surface area (TPSA) is 66.0 Å². The summed E-state index contributed by atoms with van der Waals surface area (Å²) in [7, 11) is -0.373. The lowest BCUT2D eigenvalue weighted by atomic mass is 9.64. The predicted octanol–water partition coefficient (Wildman–Crippen LogP) is 8.96. The highest BCUT2D eigenvalue weighted by Gasteiger charge is 2.61. The van der Waals surface area contributed by atoms with Crippen LogP contribution in [0.4, 0.5) is 0 Å². The summed E-state index contributed by atoms with van der Waals surface area (Å²) >= 11 is 5.83. The lowest BCUT2D eigenvalue weighted by molar-refractivity contribution is -0.124. The van der Waals surface area contributed by atoms with Crippen LogP contribution in [0.1, 0.15) is 90.3 Å². The molecule has 0 bridgehead atoms. The molecule has 9 heteroatoms. The molecule has 252 valence electrons. The maximum atomic E-state index is 13.4. The summed E-state index contributed by atoms with van der Waals surface area (Å²) in [6, 6.07) is 10.7. The first kappa shape index (κ1) is 34.3. The van der Waals surface area contributed by atoms with Crippen LogP contribution in [0.5, 0.6) is 17.2 Å². The number of carbonyl (C=O) groups is 1. The summed E-state index contributed by atoms with van der Waals surface area (Å²) < 4.78 is 26.9. The van der Waals surface area contributed by atoms with E-state index >= 15 is 0 Å². The van der Waals surface area contributed by atoms with Crippen molar-refractivity contribution in [2.45, 2.75) is 125 Å². The molecule has 0 aromatic heterocycles. The Morgan fingerprint density at radius 2 is 1.74 bits per heavy atom. The first-order valence-corrected chi connectivity index (χ1v) is 21.3. The summed E-state index contributed by atoms with van der Waals surface area (Å²) in [5, 5.41) is 4.03. The second kappa shape index (κ2) is 13.8. The third-order valence-corrected chi connectivity index (χ3v) is 19.5. The van der Waals surface area contributed by atoms with E-state index in [-0.39, 0.29) is 28.6 Å². The molecule has 6 rings (SSSR count). The molecule has 2 heterocycles. The van der Waals surface area contributed by atoms with E-state index < -0.39 is 8.32 Å². The number of methoxy groups -OCH3 is 1. The van der Waals surface area contributed by atoms with Crippen molar-refractivity contribution < 1.29 is 23.4 Å². The van der Waals surface area contributed by atoms with Gasteiger partial charge in [0.2, 0.25) is 0 Å². The number of rotatable bonds is 13. The van der Waals surface area contributed by atoms with E-state index in [1.54, 1.807) is 7.11 Å². The van der Waals surface area contributed by atoms with E-state index in [0.717, 1.165) is 47.0 Å². The Balaban J connectivity index is 1.38. The molecule has 0 amide bonds. The Kier molecular flexibility index (Phi) is 10.3. The highest BCUT2D eigenvalue weighted by Crippen LogP contribution is 2.61. The average molecular weight is 731 g/mol. The van der Waals surface area contributed by atoms with Gasteiger partial charge in [-0.3, -0.25) is 4.79 Å². The van der Waals surface area contributed by atoms with Crippen molar-refractivity contribution in [3.05, 3.63) is 51.5 Å². The molecule has 1 N–H and O–H groups in total. The van der Waals surface area contributed by atoms with Crippen LogP contribution in [-0.4, -0.2) is 51.8 Å². The van der Waals surface area contributed by atoms with E-state index in [2.05, 4.69) is 81.0 Å². The first-order valence-electron chi connectivity index (χ1n) is 17.3. The Morgan fingerprint density at radius 1 is 1.04 bits per heavy atom. The van der Waals surface area contributed by atoms with Gasteiger partial charge in [-0.05, 0) is 87.1 Å². The number of thioether (sulfide) groups is 1. The van der Waals surface area contributed by atoms with Crippen molar-refractivity contribution in [1.82, 2.24) is 5.32 Å². The van der Waals surface area contributed by atoms with Crippen molar-refractivity contribution in [1.29, 1.82) is 0 Å². The Labute approximate surface area is 289 Å². The zero-order valence-corrected chi connectivity index (χ0v) is 32.0. The fourth-order valence-electron chi connectivity index (χ4n) is 8.79. The predicted molar refractivity (Wildman–Crippen MR) is 193 cm³/mol. The van der Waals surface area contributed by atoms with Crippen molar-refractivity contribution in [3.8, 4) is 17.2 Å². The van der Waals surface area contributed by atoms with Crippen molar-refractivity contribution >= 4 is 41.8 Å². The van der Waals surface area contributed by atoms with Gasteiger partial charge in [-0.15, -0.1) is 0 Å². The average Bonchev–Trinajstić information content (AvgIpc) is 3.81. The monoisotopic (exact) mass is 729 g/mol. The van der Waals surface area contributed by atoms with Crippen LogP contribution < -0.4 is 19.5 Å². The molecule has 2 fully saturated rings. The van der Waals surface area contributed by atoms with E-state index in [4.69, 9.17) is 18.6 Å². The van der Waals surface area contributed by atoms with Gasteiger partial charge in [-0.1, -0.05) is 53.7 Å². The maximum absolute atomic E-state index is 13.4. The van der Waals surface area contributed by atoms with Crippen molar-refractivity contribution in [3.63, 3.8) is 0 Å². The number of hydrogen-bond donors (Lipinski definition) is 1. The maximum Gasteiger partial charge on any atom is 0.200 e. The van der Waals surface area contributed by atoms with Gasteiger partial charge in [-0.25, -0.2) is 0 Å². The summed E-state index contributed by atoms with van der Waals surface area (Å²) in [4.78, 5) is 13.4. The largest absolute Gasteiger partial charge is 0.497 e. The fourth-order valence-corrected chi connectivity index (χ4v) is 16.4. The summed E-state index contributed by atoms with van der Waals surface area (Å²) in [5.41, 5.74) is 4.98. The lowest BCUT2D eigenvalue weighted by Gasteiger charge is -2.46. The highest BCUT2D eigenvalue weighted by molar-refractivity contribution is 9.10. The SMILES string of the molecule is COc1ccc(CS[C@@H]2CC(=O)CC3Oc4c(Br)c(OCC5CC5)cc5c4C32C[C@@H](CO[Si](C(C)C)(C(C)C)C(C)C)NC5)cc1. The quantitative estimate of drug-likeness (QED) is 0.207. The summed E-state index contributed by atoms with van der Waals surface area (Å²) in [6.45, 7) is 16.3. The number of carbonyl (C=O) groups excluding carboxylic acids is 1. The number of nitrogens with one attached hydrogen (secondary N) is 1. The van der Waals surface area contributed by atoms with Crippen LogP contribution in [0.3, 0.4) is 0 Å². The lowest BCUT2D eigenvalue weighted by Crippen LogP contribution is -2.56. The van der Waals surface area contributed by atoms with Gasteiger partial charge < -0.3 is 24.0 Å². The number of Topliss-reactive ketones (excluding diaryl/α,β-unsaturated/α-hetero) is 1. The first-order chi connectivity index (χ1) is 22.0. The van der Waals surface area contributed by atoms with Crippen LogP contribution >= 0.6 is 27.7 Å². The number of halogens is 1. The second-order valence-corrected chi connectivity index (χ2v) is 22.4. The summed E-state index contributed by atoms with van der Waals surface area (Å²) in [6.07, 6.45) is 4.13. The standard InChI is InChI=1S/C37H52BrNO5SSi/c1-22(2)46(23(3)4,24(5)6)43-20-28-17-37-32(15-29(40)16-33(37)45-21-26-10-12-30(41-7)13-11-26)44-36-34(37)27(18-39-28)14-31(35(36)38)42-19-25-8-9-25/h10-14,22-25,28,32-33,39H,8-9,15-21H2,1-7H3/t28-,32?,33+,37?/m0/s1. The Hall–Kier alpha value is -1.52. The second-order valence-electron chi connectivity index (χ2n) is 15.0. The summed E-state index contributed by atoms with van der Waals surface area (Å²) in [5.74, 6) is 4.35. The van der Waals surface area contributed by atoms with Gasteiger partial charge in [0.25, 0.3) is 0 Å². The zero-order chi connectivity index (χ0) is 32.8. The molecule has 2 unspecified atom stereocenters.